The molecule has 4 heteroatoms. The van der Waals surface area contributed by atoms with Crippen LogP contribution in [0.15, 0.2) is 18.2 Å². The normalized spacial score (nSPS) is 23.2. The highest BCUT2D eigenvalue weighted by atomic mass is 19.1. The van der Waals surface area contributed by atoms with Crippen LogP contribution in [-0.2, 0) is 6.54 Å². The lowest BCUT2D eigenvalue weighted by Crippen LogP contribution is -2.44. The molecule has 1 aliphatic heterocycles. The molecule has 20 heavy (non-hydrogen) atoms. The fourth-order valence-electron chi connectivity index (χ4n) is 3.03. The zero-order valence-corrected chi connectivity index (χ0v) is 11.7. The van der Waals surface area contributed by atoms with E-state index in [1.54, 1.807) is 0 Å². The van der Waals surface area contributed by atoms with Crippen LogP contribution in [0.2, 0.25) is 0 Å². The molecule has 1 heterocycles. The Labute approximate surface area is 119 Å². The van der Waals surface area contributed by atoms with Crippen LogP contribution in [0.25, 0.3) is 0 Å². The average molecular weight is 280 g/mol. The van der Waals surface area contributed by atoms with Crippen LogP contribution in [-0.4, -0.2) is 30.1 Å². The van der Waals surface area contributed by atoms with Gasteiger partial charge in [0.2, 0.25) is 0 Å². The van der Waals surface area contributed by atoms with E-state index >= 15 is 0 Å². The van der Waals surface area contributed by atoms with E-state index in [0.29, 0.717) is 24.2 Å². The first kappa shape index (κ1) is 14.0. The SMILES string of the molecule is Fc1ccc(F)c(CN(CC2CCCCN2)C2CC2)c1. The Morgan fingerprint density at radius 1 is 1.15 bits per heavy atom. The van der Waals surface area contributed by atoms with E-state index in [2.05, 4.69) is 10.2 Å². The van der Waals surface area contributed by atoms with Gasteiger partial charge in [-0.05, 0) is 50.4 Å². The second kappa shape index (κ2) is 6.19. The van der Waals surface area contributed by atoms with Crippen LogP contribution < -0.4 is 5.32 Å². The van der Waals surface area contributed by atoms with E-state index in [1.807, 2.05) is 0 Å². The minimum Gasteiger partial charge on any atom is -0.313 e. The molecular weight excluding hydrogens is 258 g/mol. The highest BCUT2D eigenvalue weighted by Crippen LogP contribution is 2.29. The summed E-state index contributed by atoms with van der Waals surface area (Å²) in [6.45, 7) is 2.55. The van der Waals surface area contributed by atoms with Crippen molar-refractivity contribution in [1.29, 1.82) is 0 Å². The van der Waals surface area contributed by atoms with Crippen LogP contribution in [0, 0.1) is 11.6 Å². The molecule has 1 atom stereocenters. The van der Waals surface area contributed by atoms with Gasteiger partial charge in [-0.25, -0.2) is 8.78 Å². The van der Waals surface area contributed by atoms with Gasteiger partial charge in [0.05, 0.1) is 0 Å². The van der Waals surface area contributed by atoms with Gasteiger partial charge in [-0.3, -0.25) is 4.90 Å². The molecule has 3 rings (SSSR count). The predicted molar refractivity (Wildman–Crippen MR) is 75.4 cm³/mol. The van der Waals surface area contributed by atoms with Crippen LogP contribution in [0.1, 0.15) is 37.7 Å². The summed E-state index contributed by atoms with van der Waals surface area (Å²) in [6, 6.07) is 4.80. The molecule has 1 saturated carbocycles. The average Bonchev–Trinajstić information content (AvgIpc) is 3.28. The number of benzene rings is 1. The van der Waals surface area contributed by atoms with Crippen molar-refractivity contribution in [2.45, 2.75) is 50.7 Å². The fraction of sp³-hybridized carbons (Fsp3) is 0.625. The van der Waals surface area contributed by atoms with Gasteiger partial charge in [-0.1, -0.05) is 6.42 Å². The molecule has 1 aromatic carbocycles. The Balaban J connectivity index is 1.66. The molecule has 1 aliphatic carbocycles. The van der Waals surface area contributed by atoms with Crippen molar-refractivity contribution < 1.29 is 8.78 Å². The summed E-state index contributed by atoms with van der Waals surface area (Å²) in [6.07, 6.45) is 6.07. The maximum absolute atomic E-state index is 13.8. The van der Waals surface area contributed by atoms with Crippen molar-refractivity contribution in [3.63, 3.8) is 0 Å². The molecule has 0 amide bonds. The molecule has 2 aliphatic rings. The quantitative estimate of drug-likeness (QED) is 0.891. The lowest BCUT2D eigenvalue weighted by atomic mass is 10.0. The topological polar surface area (TPSA) is 15.3 Å². The first-order valence-corrected chi connectivity index (χ1v) is 7.64. The summed E-state index contributed by atoms with van der Waals surface area (Å²) in [5.74, 6) is -0.651. The largest absolute Gasteiger partial charge is 0.313 e. The first-order chi connectivity index (χ1) is 9.72. The van der Waals surface area contributed by atoms with Crippen LogP contribution in [0.4, 0.5) is 8.78 Å². The molecule has 1 N–H and O–H groups in total. The molecule has 0 radical (unpaired) electrons. The number of hydrogen-bond acceptors (Lipinski definition) is 2. The smallest absolute Gasteiger partial charge is 0.127 e. The Morgan fingerprint density at radius 2 is 2.00 bits per heavy atom. The van der Waals surface area contributed by atoms with Gasteiger partial charge in [0.15, 0.2) is 0 Å². The number of halogens is 2. The van der Waals surface area contributed by atoms with E-state index in [0.717, 1.165) is 13.1 Å². The Hall–Kier alpha value is -1.00. The van der Waals surface area contributed by atoms with E-state index in [1.165, 1.54) is 50.3 Å². The van der Waals surface area contributed by atoms with E-state index in [4.69, 9.17) is 0 Å². The summed E-state index contributed by atoms with van der Waals surface area (Å²) in [4.78, 5) is 2.32. The number of rotatable bonds is 5. The van der Waals surface area contributed by atoms with Crippen molar-refractivity contribution in [2.24, 2.45) is 0 Å². The highest BCUT2D eigenvalue weighted by molar-refractivity contribution is 5.19. The second-order valence-corrected chi connectivity index (χ2v) is 6.04. The van der Waals surface area contributed by atoms with Gasteiger partial charge in [0, 0.05) is 30.7 Å². The summed E-state index contributed by atoms with van der Waals surface area (Å²) in [5.41, 5.74) is 0.479. The van der Waals surface area contributed by atoms with Crippen molar-refractivity contribution in [3.05, 3.63) is 35.4 Å². The van der Waals surface area contributed by atoms with Crippen molar-refractivity contribution >= 4 is 0 Å². The van der Waals surface area contributed by atoms with Crippen LogP contribution in [0.3, 0.4) is 0 Å². The third-order valence-electron chi connectivity index (χ3n) is 4.31. The fourth-order valence-corrected chi connectivity index (χ4v) is 3.03. The van der Waals surface area contributed by atoms with Crippen molar-refractivity contribution in [2.75, 3.05) is 13.1 Å². The predicted octanol–water partition coefficient (Wildman–Crippen LogP) is 3.07. The highest BCUT2D eigenvalue weighted by Gasteiger charge is 2.31. The van der Waals surface area contributed by atoms with Crippen LogP contribution in [0.5, 0.6) is 0 Å². The third-order valence-corrected chi connectivity index (χ3v) is 4.31. The zero-order chi connectivity index (χ0) is 13.9. The number of nitrogens with one attached hydrogen (secondary N) is 1. The Bertz CT molecular complexity index is 454. The van der Waals surface area contributed by atoms with Gasteiger partial charge in [-0.15, -0.1) is 0 Å². The zero-order valence-electron chi connectivity index (χ0n) is 11.7. The minimum atomic E-state index is -0.354. The van der Waals surface area contributed by atoms with E-state index < -0.39 is 0 Å². The van der Waals surface area contributed by atoms with E-state index in [9.17, 15) is 8.78 Å². The summed E-state index contributed by atoms with van der Waals surface area (Å²) >= 11 is 0. The molecule has 110 valence electrons. The molecule has 1 saturated heterocycles. The number of hydrogen-bond donors (Lipinski definition) is 1. The standard InChI is InChI=1S/C16H22F2N2/c17-13-4-7-16(18)12(9-13)10-20(15-5-6-15)11-14-3-1-2-8-19-14/h4,7,9,14-15,19H,1-3,5-6,8,10-11H2. The minimum absolute atomic E-state index is 0.298. The van der Waals surface area contributed by atoms with Gasteiger partial charge in [0.25, 0.3) is 0 Å². The van der Waals surface area contributed by atoms with Gasteiger partial charge in [0.1, 0.15) is 11.6 Å². The first-order valence-electron chi connectivity index (χ1n) is 7.64. The molecule has 0 bridgehead atoms. The van der Waals surface area contributed by atoms with Gasteiger partial charge >= 0.3 is 0 Å². The van der Waals surface area contributed by atoms with Crippen molar-refractivity contribution in [3.8, 4) is 0 Å². The summed E-state index contributed by atoms with van der Waals surface area (Å²) in [5, 5.41) is 3.53. The van der Waals surface area contributed by atoms with Crippen LogP contribution >= 0.6 is 0 Å². The molecule has 1 aromatic rings. The number of nitrogens with zero attached hydrogens (tertiary/aromatic N) is 1. The summed E-state index contributed by atoms with van der Waals surface area (Å²) in [7, 11) is 0. The van der Waals surface area contributed by atoms with E-state index in [-0.39, 0.29) is 11.6 Å². The van der Waals surface area contributed by atoms with Gasteiger partial charge < -0.3 is 5.32 Å². The molecule has 1 unspecified atom stereocenters. The monoisotopic (exact) mass is 280 g/mol. The van der Waals surface area contributed by atoms with Gasteiger partial charge in [-0.2, -0.15) is 0 Å². The molecule has 0 aromatic heterocycles. The Morgan fingerprint density at radius 3 is 2.70 bits per heavy atom. The summed E-state index contributed by atoms with van der Waals surface area (Å²) < 4.78 is 27.1. The maximum Gasteiger partial charge on any atom is 0.127 e. The molecule has 0 spiro atoms. The second-order valence-electron chi connectivity index (χ2n) is 6.04. The molecule has 2 fully saturated rings. The Kier molecular flexibility index (Phi) is 4.32. The molecule has 2 nitrogen and oxygen atoms in total. The number of piperidine rings is 1. The lowest BCUT2D eigenvalue weighted by molar-refractivity contribution is 0.206. The maximum atomic E-state index is 13.8. The lowest BCUT2D eigenvalue weighted by Gasteiger charge is -2.30. The molecular formula is C16H22F2N2. The third kappa shape index (κ3) is 3.55. The van der Waals surface area contributed by atoms with Crippen molar-refractivity contribution in [1.82, 2.24) is 10.2 Å².